The Kier molecular flexibility index (Phi) is 5.17. The van der Waals surface area contributed by atoms with Crippen LogP contribution in [0.25, 0.3) is 33.4 Å². The lowest BCUT2D eigenvalue weighted by Crippen LogP contribution is -2.04. The molecule has 0 saturated heterocycles. The van der Waals surface area contributed by atoms with E-state index >= 15 is 0 Å². The number of aromatic amines is 1. The summed E-state index contributed by atoms with van der Waals surface area (Å²) < 4.78 is 4.81. The molecule has 0 fully saturated rings. The van der Waals surface area contributed by atoms with E-state index in [4.69, 9.17) is 9.72 Å². The number of nitrogens with one attached hydrogen (secondary N) is 1. The molecule has 156 valence electrons. The van der Waals surface area contributed by atoms with Crippen LogP contribution in [0.15, 0.2) is 85.1 Å². The topological polar surface area (TPSA) is 80.8 Å². The molecule has 0 aliphatic rings. The van der Waals surface area contributed by atoms with Gasteiger partial charge in [0.15, 0.2) is 5.82 Å². The lowest BCUT2D eigenvalue weighted by atomic mass is 10.0. The Bertz CT molecular complexity index is 1390. The molecule has 5 aromatic rings. The number of hydrogen-bond acceptors (Lipinski definition) is 5. The van der Waals surface area contributed by atoms with Crippen molar-refractivity contribution in [3.63, 3.8) is 0 Å². The summed E-state index contributed by atoms with van der Waals surface area (Å²) in [6.07, 6.45) is 2.54. The summed E-state index contributed by atoms with van der Waals surface area (Å²) in [7, 11) is 1.37. The first-order chi connectivity index (χ1) is 15.7. The molecule has 5 rings (SSSR count). The van der Waals surface area contributed by atoms with Crippen molar-refractivity contribution in [2.75, 3.05) is 7.11 Å². The Morgan fingerprint density at radius 2 is 1.56 bits per heavy atom. The number of para-hydroxylation sites is 1. The van der Waals surface area contributed by atoms with Gasteiger partial charge in [-0.3, -0.25) is 0 Å². The minimum atomic E-state index is -0.374. The fourth-order valence-electron chi connectivity index (χ4n) is 3.76. The van der Waals surface area contributed by atoms with Gasteiger partial charge in [-0.2, -0.15) is 0 Å². The van der Waals surface area contributed by atoms with Crippen molar-refractivity contribution in [2.24, 2.45) is 0 Å². The van der Waals surface area contributed by atoms with Gasteiger partial charge in [-0.05, 0) is 23.8 Å². The summed E-state index contributed by atoms with van der Waals surface area (Å²) in [5, 5.41) is 10.1. The van der Waals surface area contributed by atoms with Gasteiger partial charge in [0.1, 0.15) is 11.4 Å². The molecule has 3 aromatic carbocycles. The van der Waals surface area contributed by atoms with E-state index in [9.17, 15) is 4.79 Å². The minimum Gasteiger partial charge on any atom is -0.465 e. The van der Waals surface area contributed by atoms with Gasteiger partial charge >= 0.3 is 5.97 Å². The highest BCUT2D eigenvalue weighted by atomic mass is 16.5. The highest BCUT2D eigenvalue weighted by Gasteiger charge is 2.16. The van der Waals surface area contributed by atoms with Gasteiger partial charge in [-0.1, -0.05) is 60.7 Å². The zero-order valence-corrected chi connectivity index (χ0v) is 17.4. The molecule has 1 N–H and O–H groups in total. The van der Waals surface area contributed by atoms with Crippen LogP contribution in [0.1, 0.15) is 21.7 Å². The normalized spacial score (nSPS) is 10.9. The van der Waals surface area contributed by atoms with Gasteiger partial charge in [0.2, 0.25) is 0 Å². The predicted molar refractivity (Wildman–Crippen MR) is 123 cm³/mol. The molecule has 0 saturated carbocycles. The van der Waals surface area contributed by atoms with Crippen LogP contribution in [0.5, 0.6) is 0 Å². The van der Waals surface area contributed by atoms with Crippen molar-refractivity contribution in [2.45, 2.75) is 6.42 Å². The van der Waals surface area contributed by atoms with Gasteiger partial charge in [-0.15, -0.1) is 10.2 Å². The molecular formula is C26H20N4O2. The van der Waals surface area contributed by atoms with E-state index in [0.29, 0.717) is 23.5 Å². The van der Waals surface area contributed by atoms with Crippen LogP contribution in [0, 0.1) is 0 Å². The molecule has 2 aromatic heterocycles. The zero-order valence-electron chi connectivity index (χ0n) is 17.4. The van der Waals surface area contributed by atoms with E-state index in [-0.39, 0.29) is 5.97 Å². The Balaban J connectivity index is 1.58. The standard InChI is InChI=1S/C26H20N4O2/c1-32-26(31)19-13-11-18(12-14-19)24-25(17-7-3-2-4-8-17)30-29-23(28-24)15-20-16-27-22-10-6-5-9-21(20)22/h2-14,16,27H,15H2,1H3. The molecule has 2 heterocycles. The monoisotopic (exact) mass is 420 g/mol. The number of carbonyl (C=O) groups excluding carboxylic acids is 1. The number of aromatic nitrogens is 4. The summed E-state index contributed by atoms with van der Waals surface area (Å²) in [6.45, 7) is 0. The summed E-state index contributed by atoms with van der Waals surface area (Å²) in [4.78, 5) is 20.0. The smallest absolute Gasteiger partial charge is 0.337 e. The van der Waals surface area contributed by atoms with Crippen LogP contribution < -0.4 is 0 Å². The molecule has 0 atom stereocenters. The molecule has 0 radical (unpaired) electrons. The molecule has 0 spiro atoms. The molecular weight excluding hydrogens is 400 g/mol. The van der Waals surface area contributed by atoms with Crippen molar-refractivity contribution in [3.8, 4) is 22.5 Å². The summed E-state index contributed by atoms with van der Waals surface area (Å²) in [5.74, 6) is 0.252. The molecule has 0 aliphatic heterocycles. The van der Waals surface area contributed by atoms with E-state index in [1.807, 2.05) is 66.9 Å². The van der Waals surface area contributed by atoms with E-state index in [1.54, 1.807) is 12.1 Å². The van der Waals surface area contributed by atoms with E-state index < -0.39 is 0 Å². The maximum atomic E-state index is 11.8. The van der Waals surface area contributed by atoms with Crippen LogP contribution in [0.2, 0.25) is 0 Å². The number of ether oxygens (including phenoxy) is 1. The quantitative estimate of drug-likeness (QED) is 0.402. The maximum absolute atomic E-state index is 11.8. The minimum absolute atomic E-state index is 0.374. The average molecular weight is 420 g/mol. The number of fused-ring (bicyclic) bond motifs is 1. The van der Waals surface area contributed by atoms with Crippen molar-refractivity contribution in [1.29, 1.82) is 0 Å². The molecule has 32 heavy (non-hydrogen) atoms. The second kappa shape index (κ2) is 8.43. The van der Waals surface area contributed by atoms with Crippen molar-refractivity contribution in [1.82, 2.24) is 20.2 Å². The Morgan fingerprint density at radius 1 is 0.844 bits per heavy atom. The number of esters is 1. The third kappa shape index (κ3) is 3.74. The van der Waals surface area contributed by atoms with Crippen molar-refractivity contribution in [3.05, 3.63) is 102 Å². The second-order valence-corrected chi connectivity index (χ2v) is 7.40. The third-order valence-electron chi connectivity index (χ3n) is 5.38. The average Bonchev–Trinajstić information content (AvgIpc) is 3.27. The van der Waals surface area contributed by atoms with Gasteiger partial charge in [0.05, 0.1) is 12.7 Å². The first kappa shape index (κ1) is 19.6. The molecule has 6 nitrogen and oxygen atoms in total. The Hall–Kier alpha value is -4.32. The number of H-pyrrole nitrogens is 1. The molecule has 0 bridgehead atoms. The SMILES string of the molecule is COC(=O)c1ccc(-c2nc(Cc3c[nH]c4ccccc34)nnc2-c2ccccc2)cc1. The number of methoxy groups -OCH3 is 1. The molecule has 0 amide bonds. The lowest BCUT2D eigenvalue weighted by Gasteiger charge is -2.10. The lowest BCUT2D eigenvalue weighted by molar-refractivity contribution is 0.0601. The van der Waals surface area contributed by atoms with Gasteiger partial charge < -0.3 is 9.72 Å². The van der Waals surface area contributed by atoms with Crippen LogP contribution in [-0.2, 0) is 11.2 Å². The van der Waals surface area contributed by atoms with Gasteiger partial charge in [0.25, 0.3) is 0 Å². The summed E-state index contributed by atoms with van der Waals surface area (Å²) in [5.41, 5.74) is 5.87. The van der Waals surface area contributed by atoms with E-state index in [1.165, 1.54) is 7.11 Å². The number of carbonyl (C=O) groups is 1. The Labute approximate surface area is 184 Å². The zero-order chi connectivity index (χ0) is 21.9. The van der Waals surface area contributed by atoms with Crippen LogP contribution >= 0.6 is 0 Å². The van der Waals surface area contributed by atoms with Gasteiger partial charge in [0, 0.05) is 34.6 Å². The van der Waals surface area contributed by atoms with E-state index in [0.717, 1.165) is 33.3 Å². The molecule has 0 aliphatic carbocycles. The number of hydrogen-bond donors (Lipinski definition) is 1. The van der Waals surface area contributed by atoms with Crippen LogP contribution in [-0.4, -0.2) is 33.2 Å². The van der Waals surface area contributed by atoms with Crippen molar-refractivity contribution < 1.29 is 9.53 Å². The molecule has 0 unspecified atom stereocenters. The third-order valence-corrected chi connectivity index (χ3v) is 5.38. The first-order valence-electron chi connectivity index (χ1n) is 10.3. The van der Waals surface area contributed by atoms with Crippen LogP contribution in [0.3, 0.4) is 0 Å². The summed E-state index contributed by atoms with van der Waals surface area (Å²) >= 11 is 0. The Morgan fingerprint density at radius 3 is 2.34 bits per heavy atom. The predicted octanol–water partition coefficient (Wildman–Crippen LogP) is 5.06. The number of rotatable bonds is 5. The van der Waals surface area contributed by atoms with Gasteiger partial charge in [-0.25, -0.2) is 9.78 Å². The largest absolute Gasteiger partial charge is 0.465 e. The summed E-state index contributed by atoms with van der Waals surface area (Å²) in [6, 6.07) is 25.2. The number of benzene rings is 3. The van der Waals surface area contributed by atoms with Crippen LogP contribution in [0.4, 0.5) is 0 Å². The first-order valence-corrected chi connectivity index (χ1v) is 10.3. The highest BCUT2D eigenvalue weighted by molar-refractivity contribution is 5.90. The molecule has 6 heteroatoms. The maximum Gasteiger partial charge on any atom is 0.337 e. The second-order valence-electron chi connectivity index (χ2n) is 7.40. The fraction of sp³-hybridized carbons (Fsp3) is 0.0769. The van der Waals surface area contributed by atoms with E-state index in [2.05, 4.69) is 21.2 Å². The van der Waals surface area contributed by atoms with Crippen molar-refractivity contribution >= 4 is 16.9 Å². The fourth-order valence-corrected chi connectivity index (χ4v) is 3.76. The number of nitrogens with zero attached hydrogens (tertiary/aromatic N) is 3. The highest BCUT2D eigenvalue weighted by Crippen LogP contribution is 2.29.